The van der Waals surface area contributed by atoms with Crippen LogP contribution in [-0.2, 0) is 19.0 Å². The summed E-state index contributed by atoms with van der Waals surface area (Å²) < 4.78 is 29.1. The van der Waals surface area contributed by atoms with Crippen molar-refractivity contribution in [3.05, 3.63) is 0 Å². The quantitative estimate of drug-likeness (QED) is 0.279. The summed E-state index contributed by atoms with van der Waals surface area (Å²) in [5.41, 5.74) is 0. The second-order valence-electron chi connectivity index (χ2n) is 5.78. The number of ether oxygens (including phenoxy) is 3. The second kappa shape index (κ2) is 15.7. The number of alkyl halides is 1. The van der Waals surface area contributed by atoms with Crippen molar-refractivity contribution in [2.45, 2.75) is 52.1 Å². The Hall–Kier alpha value is -0.800. The summed E-state index contributed by atoms with van der Waals surface area (Å²) in [6.45, 7) is 7.60. The van der Waals surface area contributed by atoms with Gasteiger partial charge in [0.15, 0.2) is 0 Å². The largest absolute Gasteiger partial charge is 0.381 e. The summed E-state index contributed by atoms with van der Waals surface area (Å²) in [5, 5.41) is 14.9. The third-order valence-electron chi connectivity index (χ3n) is 2.88. The number of nitrogens with one attached hydrogen (secondary N) is 2. The first-order chi connectivity index (χ1) is 11.4. The molecule has 1 amide bonds. The minimum atomic E-state index is -1.19. The Kier molecular flexibility index (Phi) is 15.2. The highest BCUT2D eigenvalue weighted by Gasteiger charge is 2.07. The van der Waals surface area contributed by atoms with Gasteiger partial charge in [0.1, 0.15) is 12.4 Å². The zero-order valence-electron chi connectivity index (χ0n) is 15.1. The molecule has 3 N–H and O–H groups in total. The van der Waals surface area contributed by atoms with E-state index >= 15 is 0 Å². The molecule has 8 heteroatoms. The molecule has 0 saturated heterocycles. The minimum Gasteiger partial charge on any atom is -0.381 e. The van der Waals surface area contributed by atoms with Crippen LogP contribution in [0.3, 0.4) is 0 Å². The Morgan fingerprint density at radius 3 is 2.46 bits per heavy atom. The van der Waals surface area contributed by atoms with Gasteiger partial charge in [-0.25, -0.2) is 4.39 Å². The molecule has 24 heavy (non-hydrogen) atoms. The summed E-state index contributed by atoms with van der Waals surface area (Å²) >= 11 is 0. The van der Waals surface area contributed by atoms with E-state index in [9.17, 15) is 14.3 Å². The molecule has 0 aromatic carbocycles. The van der Waals surface area contributed by atoms with Crippen molar-refractivity contribution >= 4 is 5.91 Å². The monoisotopic (exact) mass is 352 g/mol. The Bertz CT molecular complexity index is 308. The van der Waals surface area contributed by atoms with E-state index in [4.69, 9.17) is 14.2 Å². The van der Waals surface area contributed by atoms with Crippen molar-refractivity contribution in [3.63, 3.8) is 0 Å². The highest BCUT2D eigenvalue weighted by molar-refractivity contribution is 5.72. The van der Waals surface area contributed by atoms with E-state index in [1.807, 2.05) is 13.8 Å². The fraction of sp³-hybridized carbons (Fsp3) is 0.938. The van der Waals surface area contributed by atoms with Crippen molar-refractivity contribution in [2.24, 2.45) is 0 Å². The van der Waals surface area contributed by atoms with Crippen molar-refractivity contribution in [3.8, 4) is 0 Å². The number of aliphatic hydroxyl groups excluding tert-OH is 1. The lowest BCUT2D eigenvalue weighted by Gasteiger charge is -2.15. The molecule has 0 saturated carbocycles. The zero-order valence-corrected chi connectivity index (χ0v) is 15.1. The van der Waals surface area contributed by atoms with E-state index in [2.05, 4.69) is 10.6 Å². The average molecular weight is 352 g/mol. The van der Waals surface area contributed by atoms with Gasteiger partial charge < -0.3 is 24.6 Å². The molecule has 144 valence electrons. The first-order valence-corrected chi connectivity index (χ1v) is 8.48. The molecule has 0 fully saturated rings. The van der Waals surface area contributed by atoms with Crippen LogP contribution in [0.2, 0.25) is 0 Å². The van der Waals surface area contributed by atoms with Crippen LogP contribution in [0.5, 0.6) is 0 Å². The van der Waals surface area contributed by atoms with Crippen molar-refractivity contribution in [1.82, 2.24) is 10.6 Å². The lowest BCUT2D eigenvalue weighted by molar-refractivity contribution is -0.119. The maximum absolute atomic E-state index is 13.2. The minimum absolute atomic E-state index is 0.0209. The van der Waals surface area contributed by atoms with Gasteiger partial charge in [-0.1, -0.05) is 0 Å². The standard InChI is InChI=1S/C16H33FN2O5/c1-13(2)24-12-16(21)18-6-4-7-22-8-5-9-23-11-15(17)10-19-14(3)20/h13,15-16,18,21H,4-12H2,1-3H3,(H,19,20). The number of carbonyl (C=O) groups excluding carboxylic acids is 1. The summed E-state index contributed by atoms with van der Waals surface area (Å²) in [6.07, 6.45) is -0.280. The Labute approximate surface area is 144 Å². The molecule has 2 atom stereocenters. The fourth-order valence-corrected chi connectivity index (χ4v) is 1.68. The molecule has 0 aliphatic carbocycles. The Morgan fingerprint density at radius 1 is 1.12 bits per heavy atom. The molecule has 0 radical (unpaired) electrons. The Morgan fingerprint density at radius 2 is 1.79 bits per heavy atom. The van der Waals surface area contributed by atoms with Crippen LogP contribution < -0.4 is 10.6 Å². The molecule has 0 aromatic heterocycles. The van der Waals surface area contributed by atoms with E-state index in [1.54, 1.807) is 0 Å². The number of aliphatic hydroxyl groups is 1. The summed E-state index contributed by atoms with van der Waals surface area (Å²) in [6, 6.07) is 0. The van der Waals surface area contributed by atoms with Crippen molar-refractivity contribution < 1.29 is 28.5 Å². The average Bonchev–Trinajstić information content (AvgIpc) is 2.52. The third-order valence-corrected chi connectivity index (χ3v) is 2.88. The number of rotatable bonds is 16. The van der Waals surface area contributed by atoms with Gasteiger partial charge in [-0.05, 0) is 33.2 Å². The Balaban J connectivity index is 3.24. The normalized spacial score (nSPS) is 13.9. The van der Waals surface area contributed by atoms with E-state index in [1.165, 1.54) is 6.92 Å². The van der Waals surface area contributed by atoms with Gasteiger partial charge in [-0.3, -0.25) is 10.1 Å². The molecule has 0 spiro atoms. The molecule has 2 unspecified atom stereocenters. The predicted molar refractivity (Wildman–Crippen MR) is 89.5 cm³/mol. The highest BCUT2D eigenvalue weighted by Crippen LogP contribution is 1.94. The summed E-state index contributed by atoms with van der Waals surface area (Å²) in [4.78, 5) is 10.6. The first kappa shape index (κ1) is 23.2. The van der Waals surface area contributed by atoms with E-state index < -0.39 is 12.4 Å². The van der Waals surface area contributed by atoms with Gasteiger partial charge in [0.2, 0.25) is 5.91 Å². The molecule has 0 heterocycles. The maximum Gasteiger partial charge on any atom is 0.216 e. The molecule has 0 rings (SSSR count). The van der Waals surface area contributed by atoms with Gasteiger partial charge in [0, 0.05) is 26.7 Å². The summed E-state index contributed by atoms with van der Waals surface area (Å²) in [7, 11) is 0. The third kappa shape index (κ3) is 17.6. The highest BCUT2D eigenvalue weighted by atomic mass is 19.1. The van der Waals surface area contributed by atoms with Gasteiger partial charge in [-0.15, -0.1) is 0 Å². The maximum atomic E-state index is 13.2. The van der Waals surface area contributed by atoms with Crippen LogP contribution in [0.15, 0.2) is 0 Å². The molecule has 0 aliphatic rings. The van der Waals surface area contributed by atoms with Crippen molar-refractivity contribution in [1.29, 1.82) is 0 Å². The SMILES string of the molecule is CC(=O)NCC(F)COCCCOCCCNC(O)COC(C)C. The van der Waals surface area contributed by atoms with Crippen LogP contribution in [-0.4, -0.2) is 75.6 Å². The second-order valence-corrected chi connectivity index (χ2v) is 5.78. The number of halogens is 1. The number of amides is 1. The molecule has 0 aromatic rings. The van der Waals surface area contributed by atoms with Gasteiger partial charge in [0.05, 0.1) is 25.9 Å². The predicted octanol–water partition coefficient (Wildman–Crippen LogP) is 0.607. The van der Waals surface area contributed by atoms with E-state index in [-0.39, 0.29) is 31.8 Å². The van der Waals surface area contributed by atoms with Crippen LogP contribution in [0, 0.1) is 0 Å². The number of hydrogen-bond donors (Lipinski definition) is 3. The molecule has 0 bridgehead atoms. The van der Waals surface area contributed by atoms with Crippen molar-refractivity contribution in [2.75, 3.05) is 46.1 Å². The number of hydrogen-bond acceptors (Lipinski definition) is 6. The first-order valence-electron chi connectivity index (χ1n) is 8.48. The van der Waals surface area contributed by atoms with Crippen LogP contribution in [0.1, 0.15) is 33.6 Å². The zero-order chi connectivity index (χ0) is 18.2. The lowest BCUT2D eigenvalue weighted by Crippen LogP contribution is -2.35. The van der Waals surface area contributed by atoms with Crippen LogP contribution >= 0.6 is 0 Å². The topological polar surface area (TPSA) is 89.1 Å². The molecule has 7 nitrogen and oxygen atoms in total. The molecular weight excluding hydrogens is 319 g/mol. The van der Waals surface area contributed by atoms with E-state index in [0.717, 1.165) is 6.42 Å². The number of carbonyl (C=O) groups is 1. The van der Waals surface area contributed by atoms with Gasteiger partial charge in [0.25, 0.3) is 0 Å². The van der Waals surface area contributed by atoms with Crippen LogP contribution in [0.4, 0.5) is 4.39 Å². The summed E-state index contributed by atoms with van der Waals surface area (Å²) in [5.74, 6) is -0.250. The smallest absolute Gasteiger partial charge is 0.216 e. The molecule has 0 aliphatic heterocycles. The van der Waals surface area contributed by atoms with Gasteiger partial charge >= 0.3 is 0 Å². The lowest BCUT2D eigenvalue weighted by atomic mass is 10.4. The van der Waals surface area contributed by atoms with Crippen LogP contribution in [0.25, 0.3) is 0 Å². The van der Waals surface area contributed by atoms with Gasteiger partial charge in [-0.2, -0.15) is 0 Å². The fourth-order valence-electron chi connectivity index (χ4n) is 1.68. The van der Waals surface area contributed by atoms with E-state index in [0.29, 0.717) is 32.8 Å². The molecular formula is C16H33FN2O5.